The number of anilines is 6. The summed E-state index contributed by atoms with van der Waals surface area (Å²) in [5, 5.41) is 102. The number of nitro groups is 2. The molecule has 107 heavy (non-hydrogen) atoms. The fourth-order valence-electron chi connectivity index (χ4n) is 15.2. The minimum Gasteiger partial charge on any atom is -0.739 e. The van der Waals surface area contributed by atoms with E-state index in [1.165, 1.54) is 52.6 Å². The van der Waals surface area contributed by atoms with E-state index in [1.54, 1.807) is 24.3 Å². The monoisotopic (exact) mass is 1470 g/mol. The van der Waals surface area contributed by atoms with Gasteiger partial charge in [-0.1, -0.05) is 36.4 Å². The van der Waals surface area contributed by atoms with Crippen LogP contribution in [-0.4, -0.2) is 109 Å². The van der Waals surface area contributed by atoms with Gasteiger partial charge in [0.2, 0.25) is 5.10 Å². The Kier molecular flexibility index (Phi) is 23.4. The zero-order chi connectivity index (χ0) is 75.7. The molecule has 18 rings (SSSR count). The molecule has 7 aliphatic carbocycles. The van der Waals surface area contributed by atoms with Gasteiger partial charge >= 0.3 is 11.5 Å². The third kappa shape index (κ3) is 17.2. The van der Waals surface area contributed by atoms with Crippen molar-refractivity contribution in [3.63, 3.8) is 0 Å². The number of nitro benzene ring substituents is 2. The summed E-state index contributed by atoms with van der Waals surface area (Å²) in [6.07, 6.45) is 21.6. The minimum atomic E-state index is -0.423. The number of nitrogens with zero attached hydrogens (tertiary/aromatic N) is 16. The molecular weight excluding hydrogens is 1390 g/mol. The van der Waals surface area contributed by atoms with Gasteiger partial charge in [-0.3, -0.25) is 25.5 Å². The predicted molar refractivity (Wildman–Crippen MR) is 409 cm³/mol. The number of rotatable bonds is 10. The number of fused-ring (bicyclic) bond motifs is 15. The average Bonchev–Trinajstić information content (AvgIpc) is 1.76. The Bertz CT molecular complexity index is 5100. The third-order valence-electron chi connectivity index (χ3n) is 20.2. The van der Waals surface area contributed by atoms with Gasteiger partial charge in [-0.2, -0.15) is 0 Å². The zero-order valence-corrected chi connectivity index (χ0v) is 61.1. The van der Waals surface area contributed by atoms with Crippen molar-refractivity contribution in [1.82, 2.24) is 45.1 Å². The zero-order valence-electron chi connectivity index (χ0n) is 60.4. The first-order valence-electron chi connectivity index (χ1n) is 36.1. The van der Waals surface area contributed by atoms with Gasteiger partial charge < -0.3 is 64.1 Å². The molecule has 0 fully saturated rings. The summed E-state index contributed by atoms with van der Waals surface area (Å²) in [7, 11) is 7.88. The molecule has 0 radical (unpaired) electrons. The number of benzene rings is 7. The van der Waals surface area contributed by atoms with Crippen LogP contribution in [0.3, 0.4) is 0 Å². The Balaban J connectivity index is 0.000000118. The maximum Gasteiger partial charge on any atom is 0.461 e. The number of nitrogens with two attached hydrogens (primary N) is 4. The van der Waals surface area contributed by atoms with Crippen molar-refractivity contribution < 1.29 is 34.0 Å². The molecule has 0 atom stereocenters. The van der Waals surface area contributed by atoms with Crippen LogP contribution >= 0.6 is 11.6 Å². The van der Waals surface area contributed by atoms with E-state index in [4.69, 9.17) is 34.5 Å². The van der Waals surface area contributed by atoms with Crippen molar-refractivity contribution >= 4 is 102 Å². The van der Waals surface area contributed by atoms with Gasteiger partial charge in [0.05, 0.1) is 26.6 Å². The highest BCUT2D eigenvalue weighted by Gasteiger charge is 2.30. The molecule has 0 amide bonds. The van der Waals surface area contributed by atoms with Crippen LogP contribution < -0.4 is 57.7 Å². The predicted octanol–water partition coefficient (Wildman–Crippen LogP) is 7.52. The summed E-state index contributed by atoms with van der Waals surface area (Å²) >= 11 is 5.63. The molecule has 4 aromatic heterocycles. The lowest BCUT2D eigenvalue weighted by atomic mass is 10.1. The van der Waals surface area contributed by atoms with Crippen molar-refractivity contribution in [3.8, 4) is 0 Å². The lowest BCUT2D eigenvalue weighted by Crippen LogP contribution is -2.45. The van der Waals surface area contributed by atoms with E-state index in [0.29, 0.717) is 72.2 Å². The highest BCUT2D eigenvalue weighted by Crippen LogP contribution is 2.36. The first-order valence-corrected chi connectivity index (χ1v) is 36.5. The lowest BCUT2D eigenvalue weighted by Gasteiger charge is -2.12. The van der Waals surface area contributed by atoms with Gasteiger partial charge in [0.25, 0.3) is 45.1 Å². The number of nitrogen functional groups attached to an aromatic ring is 4. The lowest BCUT2D eigenvalue weighted by molar-refractivity contribution is -0.672. The average molecular weight is 1480 g/mol. The molecule has 0 saturated heterocycles. The van der Waals surface area contributed by atoms with Crippen molar-refractivity contribution in [2.24, 2.45) is 0 Å². The third-order valence-corrected chi connectivity index (χ3v) is 20.4. The van der Waals surface area contributed by atoms with Crippen LogP contribution in [0.25, 0.3) is 44.1 Å². The Hall–Kier alpha value is -11.6. The van der Waals surface area contributed by atoms with Crippen LogP contribution in [0.4, 0.5) is 46.3 Å². The van der Waals surface area contributed by atoms with Crippen molar-refractivity contribution in [2.45, 2.75) is 135 Å². The van der Waals surface area contributed by atoms with Gasteiger partial charge in [-0.25, -0.2) is 19.7 Å². The van der Waals surface area contributed by atoms with Gasteiger partial charge in [0.15, 0.2) is 5.52 Å². The molecule has 0 saturated carbocycles. The Morgan fingerprint density at radius 3 is 1.40 bits per heavy atom. The highest BCUT2D eigenvalue weighted by atomic mass is 35.5. The molecule has 0 spiro atoms. The van der Waals surface area contributed by atoms with Gasteiger partial charge in [0, 0.05) is 69.1 Å². The molecule has 0 aliphatic heterocycles. The Morgan fingerprint density at radius 1 is 0.430 bits per heavy atom. The van der Waals surface area contributed by atoms with Crippen LogP contribution in [0.5, 0.6) is 0 Å². The number of aryl methyl sites for hydroxylation is 13. The van der Waals surface area contributed by atoms with E-state index in [9.17, 15) is 46.3 Å². The normalized spacial score (nSPS) is 14.2. The fraction of sp³-hybridized carbons (Fsp3) is 0.387. The van der Waals surface area contributed by atoms with Gasteiger partial charge in [-0.15, -0.1) is 0 Å². The first-order chi connectivity index (χ1) is 51.5. The summed E-state index contributed by atoms with van der Waals surface area (Å²) in [5.41, 5.74) is 44.7. The van der Waals surface area contributed by atoms with Gasteiger partial charge in [-0.05, 0) is 288 Å². The van der Waals surface area contributed by atoms with Crippen LogP contribution in [0.1, 0.15) is 123 Å². The summed E-state index contributed by atoms with van der Waals surface area (Å²) in [6, 6.07) is 28.5. The van der Waals surface area contributed by atoms with Crippen molar-refractivity contribution in [1.29, 1.82) is 0 Å². The standard InChI is InChI=1S/C14H19N5O2.C14H19N5O.C10H8ClN3O.C10H10N4O.2C9H10N2O2.C9H11N/c1-17(2)9-8-15-14-16-19(21)13-11-5-3-4-10(11)6-7-12(13)18(14)20;1-18(2)9-8-15-14-16-12-7-6-10-4-3-5-11(10)13(12)19(20)17-14;2*11-10-12-8-5-4-6-2-1-3-7(6)9(8)14(15)13-10;10-8-4-6-2-1-3-7(6)5-9(8)11(12)13;10-8-5-4-6-2-1-3-7(6)9(8)11(12)13;10-9-5-4-7-2-1-3-8(7)6-9/h6-7H,3-5,8-9H2,1-2H3,(H,15,16);6-7H,3-5,8-9H2,1-2H3,(H,15,16,17);4-5H,1-3H2;4-5H,1-3H2,(H2,11,12,13);2*4-5H,1-3,10H2;4-6H,1-3,10H2. The summed E-state index contributed by atoms with van der Waals surface area (Å²) < 4.78 is 0.720. The van der Waals surface area contributed by atoms with E-state index < -0.39 is 4.92 Å². The molecule has 32 heteroatoms. The summed E-state index contributed by atoms with van der Waals surface area (Å²) in [4.78, 5) is 39.6. The first kappa shape index (κ1) is 75.1. The Labute approximate surface area is 621 Å². The number of aromatic nitrogens is 12. The van der Waals surface area contributed by atoms with Crippen molar-refractivity contribution in [3.05, 3.63) is 220 Å². The second-order valence-electron chi connectivity index (χ2n) is 28.0. The second-order valence-corrected chi connectivity index (χ2v) is 28.3. The van der Waals surface area contributed by atoms with Crippen LogP contribution in [-0.2, 0) is 89.9 Å². The van der Waals surface area contributed by atoms with Crippen LogP contribution in [0, 0.1) is 46.3 Å². The maximum atomic E-state index is 12.4. The van der Waals surface area contributed by atoms with Crippen LogP contribution in [0.2, 0.25) is 5.28 Å². The smallest absolute Gasteiger partial charge is 0.461 e. The molecule has 7 aliphatic rings. The Morgan fingerprint density at radius 2 is 0.850 bits per heavy atom. The van der Waals surface area contributed by atoms with Crippen LogP contribution in [0.15, 0.2) is 91.0 Å². The summed E-state index contributed by atoms with van der Waals surface area (Å²) in [5.74, 6) is 0.472. The molecule has 7 aromatic carbocycles. The summed E-state index contributed by atoms with van der Waals surface area (Å²) in [6.45, 7) is 2.88. The number of nitrogens with one attached hydrogen (secondary N) is 2. The molecule has 31 nitrogen and oxygen atoms in total. The molecule has 558 valence electrons. The second kappa shape index (κ2) is 33.3. The molecule has 0 bridgehead atoms. The number of hydrogen-bond donors (Lipinski definition) is 6. The number of likely N-dealkylation sites (N-methyl/N-ethyl adjacent to an activating group) is 2. The maximum absolute atomic E-state index is 12.4. The molecule has 10 N–H and O–H groups in total. The molecule has 0 unspecified atom stereocenters. The quantitative estimate of drug-likeness (QED) is 0.0253. The number of halogens is 1. The SMILES string of the molecule is CN(C)CCNc1n[n+]([O-])c2c3c(ccc2[n+]1[O-])CCC3.CN(C)CCNc1nc2ccc3c(c2[n+]([O-])n1)CCC3.Nc1cc2c(cc1[N+](=O)[O-])CCC2.Nc1ccc2c(c1)CCC2.Nc1ccc2c(c1[N+](=O)[O-])CCC2.Nc1nc2ccc3c(c2[n+]([O-])n1)CCC3.[O-][n+]1nc(Cl)nc2ccc3c(c21)CCC3. The van der Waals surface area contributed by atoms with E-state index in [2.05, 4.69) is 69.1 Å². The van der Waals surface area contributed by atoms with E-state index in [-0.39, 0.29) is 44.9 Å². The van der Waals surface area contributed by atoms with E-state index in [0.717, 1.165) is 194 Å². The van der Waals surface area contributed by atoms with Gasteiger partial charge in [0.1, 0.15) is 27.9 Å². The minimum absolute atomic E-state index is 0.00422. The fourth-order valence-corrected chi connectivity index (χ4v) is 15.3. The van der Waals surface area contributed by atoms with E-state index in [1.807, 2.05) is 81.6 Å². The molecule has 4 heterocycles. The molecule has 11 aromatic rings. The topological polar surface area (TPSA) is 446 Å². The number of hydrogen-bond acceptors (Lipinski definition) is 24. The van der Waals surface area contributed by atoms with E-state index >= 15 is 0 Å². The highest BCUT2D eigenvalue weighted by molar-refractivity contribution is 6.28. The molecular formula is C75H87ClN22O9. The van der Waals surface area contributed by atoms with Crippen molar-refractivity contribution in [2.75, 3.05) is 87.9 Å². The largest absolute Gasteiger partial charge is 0.739 e.